The van der Waals surface area contributed by atoms with Crippen molar-refractivity contribution >= 4 is 17.4 Å². The number of rotatable bonds is 4. The molecule has 0 atom stereocenters. The number of halogens is 1. The molecule has 0 aliphatic rings. The average Bonchev–Trinajstić information content (AvgIpc) is 2.40. The highest BCUT2D eigenvalue weighted by atomic mass is 35.5. The summed E-state index contributed by atoms with van der Waals surface area (Å²) in [6.07, 6.45) is 0. The van der Waals surface area contributed by atoms with Crippen molar-refractivity contribution in [2.24, 2.45) is 5.73 Å². The summed E-state index contributed by atoms with van der Waals surface area (Å²) < 4.78 is 11.1. The van der Waals surface area contributed by atoms with E-state index in [2.05, 4.69) is 0 Å². The molecule has 0 saturated carbocycles. The van der Waals surface area contributed by atoms with Gasteiger partial charge in [0, 0.05) is 11.1 Å². The molecule has 104 valence electrons. The maximum atomic E-state index is 7.57. The molecule has 2 aromatic rings. The van der Waals surface area contributed by atoms with Gasteiger partial charge in [0.2, 0.25) is 0 Å². The summed E-state index contributed by atoms with van der Waals surface area (Å²) in [5, 5.41) is 8.08. The lowest BCUT2D eigenvalue weighted by molar-refractivity contribution is 0.378. The Balaban J connectivity index is 2.44. The third-order valence-corrected chi connectivity index (χ3v) is 3.01. The topological polar surface area (TPSA) is 68.3 Å². The van der Waals surface area contributed by atoms with Gasteiger partial charge >= 0.3 is 0 Å². The van der Waals surface area contributed by atoms with E-state index < -0.39 is 0 Å². The third kappa shape index (κ3) is 3.03. The zero-order chi connectivity index (χ0) is 14.7. The van der Waals surface area contributed by atoms with Crippen LogP contribution in [0.1, 0.15) is 11.1 Å². The molecule has 0 unspecified atom stereocenters. The maximum Gasteiger partial charge on any atom is 0.169 e. The van der Waals surface area contributed by atoms with E-state index in [1.165, 1.54) is 0 Å². The number of nitrogens with two attached hydrogens (primary N) is 1. The molecule has 20 heavy (non-hydrogen) atoms. The van der Waals surface area contributed by atoms with Gasteiger partial charge in [0.05, 0.1) is 12.7 Å². The van der Waals surface area contributed by atoms with Crippen LogP contribution in [0.2, 0.25) is 5.02 Å². The minimum atomic E-state index is -0.0808. The van der Waals surface area contributed by atoms with Gasteiger partial charge in [-0.25, -0.2) is 0 Å². The first kappa shape index (κ1) is 14.2. The monoisotopic (exact) mass is 290 g/mol. The largest absolute Gasteiger partial charge is 0.493 e. The van der Waals surface area contributed by atoms with Crippen LogP contribution in [-0.2, 0) is 0 Å². The zero-order valence-corrected chi connectivity index (χ0v) is 12.0. The number of ether oxygens (including phenoxy) is 2. The van der Waals surface area contributed by atoms with E-state index in [9.17, 15) is 0 Å². The molecular formula is C15H15ClN2O2. The van der Waals surface area contributed by atoms with Gasteiger partial charge < -0.3 is 15.2 Å². The van der Waals surface area contributed by atoms with Gasteiger partial charge in [0.15, 0.2) is 11.5 Å². The summed E-state index contributed by atoms with van der Waals surface area (Å²) in [4.78, 5) is 0. The molecule has 3 N–H and O–H groups in total. The first-order valence-electron chi connectivity index (χ1n) is 5.97. The molecule has 0 heterocycles. The Labute approximate surface area is 122 Å². The van der Waals surface area contributed by atoms with Gasteiger partial charge in [-0.05, 0) is 36.8 Å². The Bertz CT molecular complexity index is 656. The fourth-order valence-electron chi connectivity index (χ4n) is 1.78. The number of hydrogen-bond acceptors (Lipinski definition) is 3. The number of nitrogen functional groups attached to an aromatic ring is 1. The van der Waals surface area contributed by atoms with E-state index >= 15 is 0 Å². The second kappa shape index (κ2) is 5.84. The lowest BCUT2D eigenvalue weighted by Crippen LogP contribution is -2.12. The summed E-state index contributed by atoms with van der Waals surface area (Å²) >= 11 is 5.96. The minimum Gasteiger partial charge on any atom is -0.493 e. The molecule has 2 aromatic carbocycles. The second-order valence-electron chi connectivity index (χ2n) is 4.31. The van der Waals surface area contributed by atoms with Crippen molar-refractivity contribution in [3.05, 3.63) is 52.5 Å². The number of amidine groups is 1. The Hall–Kier alpha value is -2.20. The molecule has 0 aliphatic heterocycles. The number of benzene rings is 2. The van der Waals surface area contributed by atoms with Gasteiger partial charge in [-0.15, -0.1) is 0 Å². The molecule has 0 aliphatic carbocycles. The van der Waals surface area contributed by atoms with E-state index in [-0.39, 0.29) is 5.84 Å². The minimum absolute atomic E-state index is 0.0808. The van der Waals surface area contributed by atoms with Crippen LogP contribution in [0.15, 0.2) is 36.4 Å². The predicted octanol–water partition coefficient (Wildman–Crippen LogP) is 3.73. The van der Waals surface area contributed by atoms with Crippen molar-refractivity contribution in [1.29, 1.82) is 5.41 Å². The Morgan fingerprint density at radius 3 is 2.50 bits per heavy atom. The van der Waals surface area contributed by atoms with Crippen LogP contribution >= 0.6 is 11.6 Å². The van der Waals surface area contributed by atoms with E-state index in [1.807, 2.05) is 19.1 Å². The molecule has 0 fully saturated rings. The van der Waals surface area contributed by atoms with Gasteiger partial charge in [-0.2, -0.15) is 0 Å². The molecule has 0 spiro atoms. The van der Waals surface area contributed by atoms with Crippen molar-refractivity contribution in [3.63, 3.8) is 0 Å². The van der Waals surface area contributed by atoms with Crippen LogP contribution in [-0.4, -0.2) is 12.9 Å². The number of aryl methyl sites for hydroxylation is 1. The van der Waals surface area contributed by atoms with Crippen molar-refractivity contribution in [2.45, 2.75) is 6.92 Å². The third-order valence-electron chi connectivity index (χ3n) is 2.77. The van der Waals surface area contributed by atoms with Crippen molar-refractivity contribution in [3.8, 4) is 17.2 Å². The molecule has 2 rings (SSSR count). The lowest BCUT2D eigenvalue weighted by atomic mass is 10.2. The lowest BCUT2D eigenvalue weighted by Gasteiger charge is -2.13. The highest BCUT2D eigenvalue weighted by Crippen LogP contribution is 2.34. The van der Waals surface area contributed by atoms with E-state index in [1.54, 1.807) is 31.4 Å². The van der Waals surface area contributed by atoms with Crippen LogP contribution in [0.5, 0.6) is 17.2 Å². The van der Waals surface area contributed by atoms with Crippen LogP contribution in [0, 0.1) is 12.3 Å². The smallest absolute Gasteiger partial charge is 0.169 e. The molecule has 5 heteroatoms. The molecule has 0 radical (unpaired) electrons. The molecular weight excluding hydrogens is 276 g/mol. The number of methoxy groups -OCH3 is 1. The van der Waals surface area contributed by atoms with E-state index in [0.717, 1.165) is 5.56 Å². The maximum absolute atomic E-state index is 7.57. The normalized spacial score (nSPS) is 10.2. The molecule has 0 saturated heterocycles. The van der Waals surface area contributed by atoms with Gasteiger partial charge in [0.1, 0.15) is 11.6 Å². The summed E-state index contributed by atoms with van der Waals surface area (Å²) in [6, 6.07) is 10.5. The highest BCUT2D eigenvalue weighted by molar-refractivity contribution is 6.30. The predicted molar refractivity (Wildman–Crippen MR) is 80.3 cm³/mol. The van der Waals surface area contributed by atoms with Crippen LogP contribution in [0.25, 0.3) is 0 Å². The fraction of sp³-hybridized carbons (Fsp3) is 0.133. The van der Waals surface area contributed by atoms with Gasteiger partial charge in [0.25, 0.3) is 0 Å². The second-order valence-corrected chi connectivity index (χ2v) is 4.75. The van der Waals surface area contributed by atoms with Crippen molar-refractivity contribution in [2.75, 3.05) is 7.11 Å². The molecule has 0 aromatic heterocycles. The standard InChI is InChI=1S/C15H15ClN2O2/c1-9-3-6-12(14(7-9)19-2)20-13-8-10(16)4-5-11(13)15(17)18/h3-8H,1-2H3,(H3,17,18). The van der Waals surface area contributed by atoms with Crippen LogP contribution in [0.3, 0.4) is 0 Å². The van der Waals surface area contributed by atoms with Crippen LogP contribution in [0.4, 0.5) is 0 Å². The SMILES string of the molecule is COc1cc(C)ccc1Oc1cc(Cl)ccc1C(=N)N. The Morgan fingerprint density at radius 2 is 1.85 bits per heavy atom. The molecule has 0 bridgehead atoms. The summed E-state index contributed by atoms with van der Waals surface area (Å²) in [6.45, 7) is 1.96. The number of hydrogen-bond donors (Lipinski definition) is 2. The van der Waals surface area contributed by atoms with Gasteiger partial charge in [-0.3, -0.25) is 5.41 Å². The van der Waals surface area contributed by atoms with E-state index in [4.69, 9.17) is 32.2 Å². The Morgan fingerprint density at radius 1 is 1.10 bits per heavy atom. The highest BCUT2D eigenvalue weighted by Gasteiger charge is 2.11. The molecule has 0 amide bonds. The van der Waals surface area contributed by atoms with Gasteiger partial charge in [-0.1, -0.05) is 17.7 Å². The molecule has 4 nitrogen and oxygen atoms in total. The number of nitrogens with one attached hydrogen (secondary N) is 1. The average molecular weight is 291 g/mol. The van der Waals surface area contributed by atoms with Crippen molar-refractivity contribution < 1.29 is 9.47 Å². The van der Waals surface area contributed by atoms with Crippen molar-refractivity contribution in [1.82, 2.24) is 0 Å². The van der Waals surface area contributed by atoms with Crippen LogP contribution < -0.4 is 15.2 Å². The zero-order valence-electron chi connectivity index (χ0n) is 11.2. The van der Waals surface area contributed by atoms with E-state index in [0.29, 0.717) is 27.8 Å². The first-order valence-corrected chi connectivity index (χ1v) is 6.35. The summed E-state index contributed by atoms with van der Waals surface area (Å²) in [5.41, 5.74) is 7.09. The Kier molecular flexibility index (Phi) is 4.15. The fourth-order valence-corrected chi connectivity index (χ4v) is 1.94. The summed E-state index contributed by atoms with van der Waals surface area (Å²) in [5.74, 6) is 1.50. The quantitative estimate of drug-likeness (QED) is 0.666. The summed E-state index contributed by atoms with van der Waals surface area (Å²) in [7, 11) is 1.57. The first-order chi connectivity index (χ1) is 9.51.